The average Bonchev–Trinajstić information content (AvgIpc) is 2.83. The summed E-state index contributed by atoms with van der Waals surface area (Å²) in [4.78, 5) is 12.8. The van der Waals surface area contributed by atoms with Crippen LogP contribution in [-0.4, -0.2) is 17.4 Å². The second-order valence-electron chi connectivity index (χ2n) is 8.49. The molecule has 3 nitrogen and oxygen atoms in total. The number of rotatable bonds is 3. The molecular weight excluding hydrogens is 298 g/mol. The van der Waals surface area contributed by atoms with Crippen molar-refractivity contribution in [2.24, 2.45) is 28.9 Å². The molecular formula is C21H29NO2. The summed E-state index contributed by atoms with van der Waals surface area (Å²) >= 11 is 0. The molecule has 5 atom stereocenters. The standard InChI is InChI=1S/C21H29NO2/c1-21-9-8-17-16-7-5-15(23)11-13(16)4-6-18(17)20(21)14(3-2-10-22)12-19(21)24/h5,7,11,14,17-18,20,23H,2-4,6,8-10,12,22H2,1H3/t14-,17+,18+,20-,21+/m0/s1. The maximum atomic E-state index is 12.8. The van der Waals surface area contributed by atoms with Crippen LogP contribution in [-0.2, 0) is 11.2 Å². The monoisotopic (exact) mass is 327 g/mol. The van der Waals surface area contributed by atoms with Crippen LogP contribution >= 0.6 is 0 Å². The highest BCUT2D eigenvalue weighted by atomic mass is 16.3. The summed E-state index contributed by atoms with van der Waals surface area (Å²) in [6.45, 7) is 2.97. The van der Waals surface area contributed by atoms with E-state index in [1.54, 1.807) is 0 Å². The number of carbonyl (C=O) groups excluding carboxylic acids is 1. The fourth-order valence-corrected chi connectivity index (χ4v) is 6.27. The molecule has 3 N–H and O–H groups in total. The Morgan fingerprint density at radius 3 is 2.96 bits per heavy atom. The fraction of sp³-hybridized carbons (Fsp3) is 0.667. The topological polar surface area (TPSA) is 63.3 Å². The number of fused-ring (bicyclic) bond motifs is 5. The summed E-state index contributed by atoms with van der Waals surface area (Å²) in [5, 5.41) is 9.79. The molecule has 24 heavy (non-hydrogen) atoms. The normalized spacial score (nSPS) is 37.7. The number of nitrogens with two attached hydrogens (primary N) is 1. The number of Topliss-reactive ketones (excluding diaryl/α,β-unsaturated/α-hetero) is 1. The van der Waals surface area contributed by atoms with Crippen LogP contribution in [0.3, 0.4) is 0 Å². The number of carbonyl (C=O) groups is 1. The summed E-state index contributed by atoms with van der Waals surface area (Å²) in [6, 6.07) is 5.92. The highest BCUT2D eigenvalue weighted by Crippen LogP contribution is 2.62. The maximum absolute atomic E-state index is 12.8. The van der Waals surface area contributed by atoms with Crippen molar-refractivity contribution in [3.8, 4) is 5.75 Å². The van der Waals surface area contributed by atoms with Gasteiger partial charge in [-0.15, -0.1) is 0 Å². The van der Waals surface area contributed by atoms with Crippen LogP contribution in [0.25, 0.3) is 0 Å². The van der Waals surface area contributed by atoms with Crippen LogP contribution in [0.4, 0.5) is 0 Å². The third-order valence-corrected chi connectivity index (χ3v) is 7.33. The molecule has 0 saturated heterocycles. The quantitative estimate of drug-likeness (QED) is 0.888. The minimum absolute atomic E-state index is 0.102. The molecule has 1 aromatic carbocycles. The molecule has 0 amide bonds. The minimum Gasteiger partial charge on any atom is -0.508 e. The number of hydrogen-bond acceptors (Lipinski definition) is 3. The van der Waals surface area contributed by atoms with E-state index in [2.05, 4.69) is 13.0 Å². The first kappa shape index (κ1) is 16.1. The Labute approximate surface area is 144 Å². The van der Waals surface area contributed by atoms with Gasteiger partial charge in [0.2, 0.25) is 0 Å². The molecule has 2 fully saturated rings. The Bertz CT molecular complexity index is 655. The largest absolute Gasteiger partial charge is 0.508 e. The second kappa shape index (κ2) is 5.87. The van der Waals surface area contributed by atoms with Gasteiger partial charge in [0.1, 0.15) is 11.5 Å². The van der Waals surface area contributed by atoms with E-state index in [-0.39, 0.29) is 5.41 Å². The molecule has 0 spiro atoms. The molecule has 0 unspecified atom stereocenters. The van der Waals surface area contributed by atoms with Gasteiger partial charge in [-0.1, -0.05) is 13.0 Å². The molecule has 1 aromatic rings. The van der Waals surface area contributed by atoms with Crippen molar-refractivity contribution >= 4 is 5.78 Å². The molecule has 2 saturated carbocycles. The Morgan fingerprint density at radius 2 is 2.17 bits per heavy atom. The summed E-state index contributed by atoms with van der Waals surface area (Å²) in [6.07, 6.45) is 7.25. The van der Waals surface area contributed by atoms with Crippen LogP contribution in [0.15, 0.2) is 18.2 Å². The lowest BCUT2D eigenvalue weighted by Gasteiger charge is -2.50. The number of aryl methyl sites for hydroxylation is 1. The van der Waals surface area contributed by atoms with E-state index in [4.69, 9.17) is 5.73 Å². The summed E-state index contributed by atoms with van der Waals surface area (Å²) in [5.74, 6) is 3.12. The van der Waals surface area contributed by atoms with Gasteiger partial charge in [-0.05, 0) is 92.0 Å². The summed E-state index contributed by atoms with van der Waals surface area (Å²) < 4.78 is 0. The first-order valence-corrected chi connectivity index (χ1v) is 9.60. The van der Waals surface area contributed by atoms with Gasteiger partial charge in [-0.2, -0.15) is 0 Å². The molecule has 4 rings (SSSR count). The van der Waals surface area contributed by atoms with Crippen molar-refractivity contribution in [2.45, 2.75) is 57.8 Å². The molecule has 3 aliphatic carbocycles. The van der Waals surface area contributed by atoms with Crippen LogP contribution in [0.2, 0.25) is 0 Å². The lowest BCUT2D eigenvalue weighted by Crippen LogP contribution is -2.44. The predicted molar refractivity (Wildman–Crippen MR) is 94.9 cm³/mol. The van der Waals surface area contributed by atoms with E-state index in [0.717, 1.165) is 51.5 Å². The highest BCUT2D eigenvalue weighted by Gasteiger charge is 2.58. The van der Waals surface area contributed by atoms with Gasteiger partial charge in [-0.3, -0.25) is 4.79 Å². The maximum Gasteiger partial charge on any atom is 0.139 e. The number of ketones is 1. The molecule has 3 heteroatoms. The van der Waals surface area contributed by atoms with Crippen molar-refractivity contribution in [1.29, 1.82) is 0 Å². The number of benzene rings is 1. The molecule has 0 radical (unpaired) electrons. The van der Waals surface area contributed by atoms with Crippen LogP contribution < -0.4 is 5.73 Å². The van der Waals surface area contributed by atoms with E-state index in [9.17, 15) is 9.90 Å². The Kier molecular flexibility index (Phi) is 3.95. The van der Waals surface area contributed by atoms with Crippen molar-refractivity contribution in [1.82, 2.24) is 0 Å². The van der Waals surface area contributed by atoms with E-state index in [0.29, 0.717) is 35.2 Å². The zero-order valence-corrected chi connectivity index (χ0v) is 14.6. The Morgan fingerprint density at radius 1 is 1.33 bits per heavy atom. The molecule has 0 aliphatic heterocycles. The van der Waals surface area contributed by atoms with Crippen molar-refractivity contribution in [2.75, 3.05) is 6.54 Å². The number of aromatic hydroxyl groups is 1. The molecule has 0 bridgehead atoms. The van der Waals surface area contributed by atoms with Gasteiger partial charge in [0, 0.05) is 11.8 Å². The SMILES string of the molecule is C[C@]12CC[C@@H]3c4ccc(O)cc4CC[C@H]3[C@@H]1[C@@H](CCCN)CC2=O. The van der Waals surface area contributed by atoms with Gasteiger partial charge in [0.15, 0.2) is 0 Å². The van der Waals surface area contributed by atoms with E-state index >= 15 is 0 Å². The minimum atomic E-state index is -0.102. The average molecular weight is 327 g/mol. The molecule has 130 valence electrons. The van der Waals surface area contributed by atoms with Crippen LogP contribution in [0.1, 0.15) is 62.5 Å². The highest BCUT2D eigenvalue weighted by molar-refractivity contribution is 5.87. The Hall–Kier alpha value is -1.35. The fourth-order valence-electron chi connectivity index (χ4n) is 6.27. The number of phenols is 1. The summed E-state index contributed by atoms with van der Waals surface area (Å²) in [5.41, 5.74) is 8.40. The van der Waals surface area contributed by atoms with E-state index in [1.165, 1.54) is 11.1 Å². The molecule has 0 aromatic heterocycles. The second-order valence-corrected chi connectivity index (χ2v) is 8.49. The van der Waals surface area contributed by atoms with Gasteiger partial charge in [0.25, 0.3) is 0 Å². The first-order chi connectivity index (χ1) is 11.5. The van der Waals surface area contributed by atoms with Crippen molar-refractivity contribution in [3.63, 3.8) is 0 Å². The van der Waals surface area contributed by atoms with Gasteiger partial charge in [0.05, 0.1) is 0 Å². The zero-order chi connectivity index (χ0) is 16.9. The lowest BCUT2D eigenvalue weighted by molar-refractivity contribution is -0.129. The third-order valence-electron chi connectivity index (χ3n) is 7.33. The predicted octanol–water partition coefficient (Wildman–Crippen LogP) is 3.78. The van der Waals surface area contributed by atoms with Crippen molar-refractivity contribution < 1.29 is 9.90 Å². The molecule has 0 heterocycles. The third kappa shape index (κ3) is 2.32. The van der Waals surface area contributed by atoms with Crippen LogP contribution in [0.5, 0.6) is 5.75 Å². The zero-order valence-electron chi connectivity index (χ0n) is 14.6. The number of phenolic OH excluding ortho intramolecular Hbond substituents is 1. The van der Waals surface area contributed by atoms with E-state index in [1.807, 2.05) is 12.1 Å². The lowest BCUT2D eigenvalue weighted by atomic mass is 9.54. The van der Waals surface area contributed by atoms with Gasteiger partial charge >= 0.3 is 0 Å². The van der Waals surface area contributed by atoms with Crippen molar-refractivity contribution in [3.05, 3.63) is 29.3 Å². The van der Waals surface area contributed by atoms with Gasteiger partial charge < -0.3 is 10.8 Å². The van der Waals surface area contributed by atoms with E-state index < -0.39 is 0 Å². The summed E-state index contributed by atoms with van der Waals surface area (Å²) in [7, 11) is 0. The Balaban J connectivity index is 1.68. The first-order valence-electron chi connectivity index (χ1n) is 9.60. The molecule has 3 aliphatic rings. The van der Waals surface area contributed by atoms with Gasteiger partial charge in [-0.25, -0.2) is 0 Å². The smallest absolute Gasteiger partial charge is 0.139 e. The van der Waals surface area contributed by atoms with Crippen LogP contribution in [0, 0.1) is 23.2 Å². The number of hydrogen-bond donors (Lipinski definition) is 2.